The average Bonchev–Trinajstić information content (AvgIpc) is 1.98. The Hall–Kier alpha value is -0.940. The lowest BCUT2D eigenvalue weighted by Crippen LogP contribution is -2.35. The van der Waals surface area contributed by atoms with Crippen molar-refractivity contribution in [3.05, 3.63) is 0 Å². The Kier molecular flexibility index (Phi) is 5.61. The number of nitrogens with zero attached hydrogens (tertiary/aromatic N) is 1. The van der Waals surface area contributed by atoms with Gasteiger partial charge in [0, 0.05) is 13.5 Å². The Bertz CT molecular complexity index is 255. The molecule has 0 rings (SSSR count). The number of esters is 1. The number of likely N-dealkylation sites (N-methyl/N-ethyl adjacent to an activating group) is 1. The summed E-state index contributed by atoms with van der Waals surface area (Å²) in [7, 11) is 1.39. The van der Waals surface area contributed by atoms with E-state index in [1.165, 1.54) is 14.0 Å². The molecule has 94 valence electrons. The fourth-order valence-corrected chi connectivity index (χ4v) is 1.30. The van der Waals surface area contributed by atoms with Crippen LogP contribution >= 0.6 is 0 Å². The molecule has 0 aromatic heterocycles. The molecule has 0 aromatic carbocycles. The number of hydrogen-bond donors (Lipinski definition) is 1. The first-order chi connectivity index (χ1) is 7.13. The van der Waals surface area contributed by atoms with Crippen LogP contribution in [-0.2, 0) is 14.3 Å². The van der Waals surface area contributed by atoms with E-state index in [9.17, 15) is 14.8 Å². The molecule has 5 nitrogen and oxygen atoms in total. The number of carbonyl (C=O) groups excluding carboxylic acids is 2. The third kappa shape index (κ3) is 6.53. The van der Waals surface area contributed by atoms with Gasteiger partial charge in [-0.25, -0.2) is 0 Å². The molecule has 1 N–H and O–H groups in total. The number of hydrogen-bond acceptors (Lipinski definition) is 5. The minimum atomic E-state index is -0.646. The molecule has 0 bridgehead atoms. The maximum absolute atomic E-state index is 11.4. The van der Waals surface area contributed by atoms with Crippen LogP contribution in [-0.4, -0.2) is 40.7 Å². The predicted molar refractivity (Wildman–Crippen MR) is 59.1 cm³/mol. The molecule has 0 fully saturated rings. The van der Waals surface area contributed by atoms with Crippen molar-refractivity contribution in [2.24, 2.45) is 0 Å². The summed E-state index contributed by atoms with van der Waals surface area (Å²) >= 11 is 0. The largest absolute Gasteiger partial charge is 0.460 e. The van der Waals surface area contributed by atoms with Gasteiger partial charge in [0.25, 0.3) is 0 Å². The van der Waals surface area contributed by atoms with Gasteiger partial charge in [0.05, 0.1) is 6.04 Å². The van der Waals surface area contributed by atoms with Crippen molar-refractivity contribution in [2.45, 2.75) is 52.2 Å². The van der Waals surface area contributed by atoms with E-state index < -0.39 is 11.6 Å². The number of carbonyl (C=O) groups is 2. The Balaban J connectivity index is 4.12. The van der Waals surface area contributed by atoms with E-state index in [1.807, 2.05) is 0 Å². The van der Waals surface area contributed by atoms with Crippen molar-refractivity contribution in [3.8, 4) is 0 Å². The SMILES string of the molecule is CC(=O)[C@H](CCC(=O)OC(C)(C)C)N(C)O. The third-order valence-electron chi connectivity index (χ3n) is 1.96. The second-order valence-corrected chi connectivity index (χ2v) is 4.83. The van der Waals surface area contributed by atoms with E-state index in [2.05, 4.69) is 0 Å². The van der Waals surface area contributed by atoms with Crippen molar-refractivity contribution in [3.63, 3.8) is 0 Å². The predicted octanol–water partition coefficient (Wildman–Crippen LogP) is 1.39. The summed E-state index contributed by atoms with van der Waals surface area (Å²) < 4.78 is 5.10. The van der Waals surface area contributed by atoms with Gasteiger partial charge in [-0.2, -0.15) is 5.06 Å². The molecule has 0 radical (unpaired) electrons. The Morgan fingerprint density at radius 2 is 1.88 bits per heavy atom. The van der Waals surface area contributed by atoms with Gasteiger partial charge < -0.3 is 9.94 Å². The molecule has 0 spiro atoms. The Labute approximate surface area is 96.3 Å². The molecule has 0 aliphatic rings. The molecule has 0 amide bonds. The van der Waals surface area contributed by atoms with Crippen LogP contribution in [0.5, 0.6) is 0 Å². The van der Waals surface area contributed by atoms with Crippen molar-refractivity contribution in [1.29, 1.82) is 0 Å². The number of ether oxygens (including phenoxy) is 1. The van der Waals surface area contributed by atoms with Crippen molar-refractivity contribution < 1.29 is 19.5 Å². The fraction of sp³-hybridized carbons (Fsp3) is 0.818. The second kappa shape index (κ2) is 5.96. The maximum Gasteiger partial charge on any atom is 0.306 e. The molecule has 0 aliphatic carbocycles. The number of rotatable bonds is 5. The van der Waals surface area contributed by atoms with E-state index in [-0.39, 0.29) is 24.6 Å². The highest BCUT2D eigenvalue weighted by Gasteiger charge is 2.22. The minimum Gasteiger partial charge on any atom is -0.460 e. The first-order valence-electron chi connectivity index (χ1n) is 5.27. The fourth-order valence-electron chi connectivity index (χ4n) is 1.30. The van der Waals surface area contributed by atoms with Crippen LogP contribution in [0.3, 0.4) is 0 Å². The number of hydroxylamine groups is 2. The van der Waals surface area contributed by atoms with Crippen molar-refractivity contribution in [2.75, 3.05) is 7.05 Å². The highest BCUT2D eigenvalue weighted by Crippen LogP contribution is 2.11. The summed E-state index contributed by atoms with van der Waals surface area (Å²) in [5.41, 5.74) is -0.520. The van der Waals surface area contributed by atoms with Crippen LogP contribution < -0.4 is 0 Å². The average molecular weight is 231 g/mol. The van der Waals surface area contributed by atoms with E-state index in [4.69, 9.17) is 4.74 Å². The van der Waals surface area contributed by atoms with Gasteiger partial charge in [-0.05, 0) is 34.1 Å². The number of Topliss-reactive ketones (excluding diaryl/α,β-unsaturated/α-hetero) is 1. The van der Waals surface area contributed by atoms with Crippen LogP contribution in [0.2, 0.25) is 0 Å². The normalized spacial score (nSPS) is 13.7. The molecule has 0 saturated carbocycles. The number of ketones is 1. The van der Waals surface area contributed by atoms with Gasteiger partial charge in [0.2, 0.25) is 0 Å². The Morgan fingerprint density at radius 3 is 2.19 bits per heavy atom. The minimum absolute atomic E-state index is 0.117. The monoisotopic (exact) mass is 231 g/mol. The molecule has 1 atom stereocenters. The summed E-state index contributed by atoms with van der Waals surface area (Å²) in [5, 5.41) is 10.0. The van der Waals surface area contributed by atoms with Crippen LogP contribution in [0.4, 0.5) is 0 Å². The van der Waals surface area contributed by atoms with E-state index in [1.54, 1.807) is 20.8 Å². The van der Waals surface area contributed by atoms with E-state index in [0.717, 1.165) is 5.06 Å². The van der Waals surface area contributed by atoms with Crippen LogP contribution in [0, 0.1) is 0 Å². The summed E-state index contributed by atoms with van der Waals surface area (Å²) in [5.74, 6) is -0.533. The van der Waals surface area contributed by atoms with Gasteiger partial charge in [-0.3, -0.25) is 9.59 Å². The molecule has 16 heavy (non-hydrogen) atoms. The van der Waals surface area contributed by atoms with Gasteiger partial charge in [0.1, 0.15) is 11.4 Å². The van der Waals surface area contributed by atoms with Crippen LogP contribution in [0.1, 0.15) is 40.5 Å². The molecule has 0 aliphatic heterocycles. The Morgan fingerprint density at radius 1 is 1.38 bits per heavy atom. The summed E-state index contributed by atoms with van der Waals surface area (Å²) in [6, 6.07) is -0.646. The van der Waals surface area contributed by atoms with Crippen LogP contribution in [0.25, 0.3) is 0 Å². The van der Waals surface area contributed by atoms with E-state index >= 15 is 0 Å². The molecular weight excluding hydrogens is 210 g/mol. The van der Waals surface area contributed by atoms with E-state index in [0.29, 0.717) is 0 Å². The quantitative estimate of drug-likeness (QED) is 0.572. The molecule has 0 aromatic rings. The van der Waals surface area contributed by atoms with Gasteiger partial charge in [-0.15, -0.1) is 0 Å². The third-order valence-corrected chi connectivity index (χ3v) is 1.96. The highest BCUT2D eigenvalue weighted by atomic mass is 16.6. The molecule has 0 heterocycles. The van der Waals surface area contributed by atoms with Crippen molar-refractivity contribution in [1.82, 2.24) is 5.06 Å². The smallest absolute Gasteiger partial charge is 0.306 e. The molecule has 0 saturated heterocycles. The lowest BCUT2D eigenvalue weighted by atomic mass is 10.1. The maximum atomic E-state index is 11.4. The molecular formula is C11H21NO4. The highest BCUT2D eigenvalue weighted by molar-refractivity contribution is 5.82. The second-order valence-electron chi connectivity index (χ2n) is 4.83. The summed E-state index contributed by atoms with van der Waals surface area (Å²) in [6.45, 7) is 6.73. The van der Waals surface area contributed by atoms with Gasteiger partial charge >= 0.3 is 5.97 Å². The zero-order valence-corrected chi connectivity index (χ0v) is 10.6. The van der Waals surface area contributed by atoms with Gasteiger partial charge in [0.15, 0.2) is 0 Å². The topological polar surface area (TPSA) is 66.8 Å². The first kappa shape index (κ1) is 15.1. The zero-order chi connectivity index (χ0) is 12.9. The summed E-state index contributed by atoms with van der Waals surface area (Å²) in [4.78, 5) is 22.5. The summed E-state index contributed by atoms with van der Waals surface area (Å²) in [6.07, 6.45) is 0.379. The first-order valence-corrected chi connectivity index (χ1v) is 5.27. The zero-order valence-electron chi connectivity index (χ0n) is 10.6. The van der Waals surface area contributed by atoms with Crippen molar-refractivity contribution >= 4 is 11.8 Å². The lowest BCUT2D eigenvalue weighted by molar-refractivity contribution is -0.157. The van der Waals surface area contributed by atoms with Gasteiger partial charge in [-0.1, -0.05) is 0 Å². The molecule has 5 heteroatoms. The van der Waals surface area contributed by atoms with Crippen LogP contribution in [0.15, 0.2) is 0 Å². The molecule has 0 unspecified atom stereocenters. The lowest BCUT2D eigenvalue weighted by Gasteiger charge is -2.22. The standard InChI is InChI=1S/C11H21NO4/c1-8(13)9(12(5)15)6-7-10(14)16-11(2,3)4/h9,15H,6-7H2,1-5H3/t9-/m0/s1.